The highest BCUT2D eigenvalue weighted by Gasteiger charge is 2.11. The summed E-state index contributed by atoms with van der Waals surface area (Å²) in [4.78, 5) is 16.8. The number of unbranched alkanes of at least 4 members (excludes halogenated alkanes) is 5. The molecule has 32 heavy (non-hydrogen) atoms. The average Bonchev–Trinajstić information content (AvgIpc) is 2.79. The number of aromatic nitrogens is 2. The summed E-state index contributed by atoms with van der Waals surface area (Å²) in [5.41, 5.74) is 1.15. The van der Waals surface area contributed by atoms with Gasteiger partial charge in [0.15, 0.2) is 0 Å². The van der Waals surface area contributed by atoms with E-state index in [1.54, 1.807) is 22.9 Å². The van der Waals surface area contributed by atoms with Gasteiger partial charge in [0, 0.05) is 11.1 Å². The first-order valence-electron chi connectivity index (χ1n) is 10.9. The van der Waals surface area contributed by atoms with Crippen LogP contribution in [-0.4, -0.2) is 22.3 Å². The Labute approximate surface area is 198 Å². The van der Waals surface area contributed by atoms with E-state index in [2.05, 4.69) is 17.0 Å². The number of ether oxygens (including phenoxy) is 1. The van der Waals surface area contributed by atoms with Gasteiger partial charge in [0.05, 0.1) is 34.4 Å². The highest BCUT2D eigenvalue weighted by Crippen LogP contribution is 2.21. The molecule has 7 heteroatoms. The van der Waals surface area contributed by atoms with Gasteiger partial charge >= 0.3 is 0 Å². The Kier molecular flexibility index (Phi) is 9.32. The molecule has 0 bridgehead atoms. The van der Waals surface area contributed by atoms with Gasteiger partial charge in [-0.05, 0) is 36.8 Å². The van der Waals surface area contributed by atoms with Gasteiger partial charge in [0.2, 0.25) is 5.88 Å². The molecule has 0 fully saturated rings. The van der Waals surface area contributed by atoms with Crippen molar-refractivity contribution >= 4 is 29.1 Å². The minimum absolute atomic E-state index is 0.258. The van der Waals surface area contributed by atoms with Crippen molar-refractivity contribution in [3.63, 3.8) is 0 Å². The summed E-state index contributed by atoms with van der Waals surface area (Å²) in [5.74, 6) is 0.0637. The molecule has 0 spiro atoms. The maximum Gasteiger partial charge on any atom is 0.279 e. The SMILES string of the molecule is CCCCCCCCOc1c/c(=N\C(=O)c2ccc(Cl)cc2Cl)cnn1-c1ccccc1. The second kappa shape index (κ2) is 12.4. The van der Waals surface area contributed by atoms with Crippen LogP contribution in [0, 0.1) is 0 Å². The lowest BCUT2D eigenvalue weighted by atomic mass is 10.1. The van der Waals surface area contributed by atoms with Crippen molar-refractivity contribution in [1.29, 1.82) is 0 Å². The summed E-state index contributed by atoms with van der Waals surface area (Å²) in [7, 11) is 0. The summed E-state index contributed by atoms with van der Waals surface area (Å²) in [5, 5.41) is 5.58. The molecule has 0 aliphatic carbocycles. The van der Waals surface area contributed by atoms with E-state index >= 15 is 0 Å². The molecule has 1 heterocycles. The molecular formula is C25H27Cl2N3O2. The molecule has 0 aliphatic rings. The fourth-order valence-electron chi connectivity index (χ4n) is 3.23. The normalized spacial score (nSPS) is 11.5. The van der Waals surface area contributed by atoms with Gasteiger partial charge in [0.25, 0.3) is 5.91 Å². The smallest absolute Gasteiger partial charge is 0.279 e. The van der Waals surface area contributed by atoms with Gasteiger partial charge in [-0.1, -0.05) is 80.4 Å². The molecule has 1 aromatic heterocycles. The zero-order valence-corrected chi connectivity index (χ0v) is 19.6. The summed E-state index contributed by atoms with van der Waals surface area (Å²) in [6, 6.07) is 16.1. The van der Waals surface area contributed by atoms with Crippen LogP contribution in [0.4, 0.5) is 0 Å². The third-order valence-electron chi connectivity index (χ3n) is 4.93. The lowest BCUT2D eigenvalue weighted by Gasteiger charge is -2.13. The zero-order chi connectivity index (χ0) is 22.8. The second-order valence-corrected chi connectivity index (χ2v) is 8.30. The van der Waals surface area contributed by atoms with Crippen LogP contribution in [0.25, 0.3) is 5.69 Å². The van der Waals surface area contributed by atoms with Gasteiger partial charge in [0.1, 0.15) is 0 Å². The van der Waals surface area contributed by atoms with Crippen LogP contribution in [0.3, 0.4) is 0 Å². The van der Waals surface area contributed by atoms with Crippen LogP contribution >= 0.6 is 23.2 Å². The number of rotatable bonds is 10. The minimum atomic E-state index is -0.465. The molecule has 3 aromatic rings. The number of amides is 1. The summed E-state index contributed by atoms with van der Waals surface area (Å²) < 4.78 is 7.76. The summed E-state index contributed by atoms with van der Waals surface area (Å²) in [6.07, 6.45) is 8.58. The zero-order valence-electron chi connectivity index (χ0n) is 18.1. The fourth-order valence-corrected chi connectivity index (χ4v) is 3.71. The number of nitrogens with zero attached hydrogens (tertiary/aromatic N) is 3. The third kappa shape index (κ3) is 6.94. The Morgan fingerprint density at radius 3 is 2.50 bits per heavy atom. The Morgan fingerprint density at radius 1 is 1.00 bits per heavy atom. The second-order valence-electron chi connectivity index (χ2n) is 7.46. The van der Waals surface area contributed by atoms with E-state index < -0.39 is 5.91 Å². The van der Waals surface area contributed by atoms with Gasteiger partial charge in [-0.3, -0.25) is 4.79 Å². The van der Waals surface area contributed by atoms with Crippen LogP contribution in [0.1, 0.15) is 55.8 Å². The van der Waals surface area contributed by atoms with Crippen LogP contribution in [0.2, 0.25) is 10.0 Å². The number of halogens is 2. The van der Waals surface area contributed by atoms with E-state index in [0.29, 0.717) is 22.9 Å². The van der Waals surface area contributed by atoms with E-state index in [1.165, 1.54) is 37.9 Å². The standard InChI is InChI=1S/C25H27Cl2N3O2/c1-2-3-4-5-6-10-15-32-24-17-20(18-28-30(24)21-11-8-7-9-12-21)29-25(31)22-14-13-19(26)16-23(22)27/h7-9,11-14,16-18H,2-6,10,15H2,1H3/b29-20+. The third-order valence-corrected chi connectivity index (χ3v) is 5.47. The molecule has 0 atom stereocenters. The molecular weight excluding hydrogens is 445 g/mol. The lowest BCUT2D eigenvalue weighted by Crippen LogP contribution is -2.16. The molecule has 0 N–H and O–H groups in total. The first kappa shape index (κ1) is 24.0. The van der Waals surface area contributed by atoms with Crippen molar-refractivity contribution in [1.82, 2.24) is 9.78 Å². The molecule has 0 saturated heterocycles. The summed E-state index contributed by atoms with van der Waals surface area (Å²) in [6.45, 7) is 2.78. The highest BCUT2D eigenvalue weighted by molar-refractivity contribution is 6.36. The van der Waals surface area contributed by atoms with Crippen molar-refractivity contribution < 1.29 is 9.53 Å². The number of para-hydroxylation sites is 1. The molecule has 3 rings (SSSR count). The molecule has 0 saturated carbocycles. The van der Waals surface area contributed by atoms with Crippen molar-refractivity contribution in [2.45, 2.75) is 45.4 Å². The molecule has 1 amide bonds. The quantitative estimate of drug-likeness (QED) is 0.310. The van der Waals surface area contributed by atoms with E-state index in [9.17, 15) is 4.79 Å². The molecule has 5 nitrogen and oxygen atoms in total. The van der Waals surface area contributed by atoms with Gasteiger partial charge in [-0.15, -0.1) is 0 Å². The van der Waals surface area contributed by atoms with Gasteiger partial charge in [-0.25, -0.2) is 9.67 Å². The molecule has 168 valence electrons. The van der Waals surface area contributed by atoms with E-state index in [4.69, 9.17) is 27.9 Å². The topological polar surface area (TPSA) is 56.5 Å². The van der Waals surface area contributed by atoms with E-state index in [-0.39, 0.29) is 10.6 Å². The lowest BCUT2D eigenvalue weighted by molar-refractivity contribution is 0.0998. The first-order valence-corrected chi connectivity index (χ1v) is 11.7. The minimum Gasteiger partial charge on any atom is -0.478 e. The monoisotopic (exact) mass is 471 g/mol. The van der Waals surface area contributed by atoms with Crippen molar-refractivity contribution in [2.24, 2.45) is 4.99 Å². The predicted octanol–water partition coefficient (Wildman–Crippen LogP) is 6.66. The Bertz CT molecular complexity index is 1100. The molecule has 0 aliphatic heterocycles. The average molecular weight is 472 g/mol. The number of hydrogen-bond acceptors (Lipinski definition) is 3. The molecule has 2 aromatic carbocycles. The Balaban J connectivity index is 1.81. The van der Waals surface area contributed by atoms with E-state index in [1.807, 2.05) is 30.3 Å². The van der Waals surface area contributed by atoms with Crippen LogP contribution in [0.5, 0.6) is 5.88 Å². The number of carbonyl (C=O) groups excluding carboxylic acids is 1. The largest absolute Gasteiger partial charge is 0.478 e. The van der Waals surface area contributed by atoms with Crippen LogP contribution in [0.15, 0.2) is 65.8 Å². The Morgan fingerprint density at radius 2 is 1.75 bits per heavy atom. The van der Waals surface area contributed by atoms with Crippen molar-refractivity contribution in [3.8, 4) is 11.6 Å². The maximum absolute atomic E-state index is 12.6. The van der Waals surface area contributed by atoms with Gasteiger partial charge < -0.3 is 4.74 Å². The molecule has 0 unspecified atom stereocenters. The number of hydrogen-bond donors (Lipinski definition) is 0. The highest BCUT2D eigenvalue weighted by atomic mass is 35.5. The predicted molar refractivity (Wildman–Crippen MR) is 129 cm³/mol. The summed E-state index contributed by atoms with van der Waals surface area (Å²) >= 11 is 12.1. The maximum atomic E-state index is 12.6. The van der Waals surface area contributed by atoms with E-state index in [0.717, 1.165) is 18.5 Å². The first-order chi connectivity index (χ1) is 15.6. The number of carbonyl (C=O) groups is 1. The molecule has 0 radical (unpaired) electrons. The van der Waals surface area contributed by atoms with Crippen molar-refractivity contribution in [2.75, 3.05) is 6.61 Å². The van der Waals surface area contributed by atoms with Crippen LogP contribution in [-0.2, 0) is 0 Å². The van der Waals surface area contributed by atoms with Crippen molar-refractivity contribution in [3.05, 3.63) is 81.8 Å². The van der Waals surface area contributed by atoms with Crippen LogP contribution < -0.4 is 10.1 Å². The van der Waals surface area contributed by atoms with Gasteiger partial charge in [-0.2, -0.15) is 5.10 Å². The number of benzene rings is 2. The Hall–Kier alpha value is -2.63. The fraction of sp³-hybridized carbons (Fsp3) is 0.320.